The van der Waals surface area contributed by atoms with Crippen LogP contribution in [-0.2, 0) is 22.4 Å². The second-order valence-electron chi connectivity index (χ2n) is 9.08. The van der Waals surface area contributed by atoms with Gasteiger partial charge in [0.2, 0.25) is 11.8 Å². The molecule has 5 rings (SSSR count). The standard InChI is InChI=1S/C23H31N3O3/c27-19-10-13-26(19)21(23(29)24-16-7-2-1-3-8-16)18-14-15-6-4-11-25-12-5-9-17(20(15)25)22(18)28/h14,16,21,28H,1-13H2,(H,24,29)/t21-/m0/s1. The van der Waals surface area contributed by atoms with E-state index in [2.05, 4.69) is 10.2 Å². The molecule has 4 aliphatic rings. The van der Waals surface area contributed by atoms with Gasteiger partial charge >= 0.3 is 0 Å². The lowest BCUT2D eigenvalue weighted by molar-refractivity contribution is -0.149. The minimum Gasteiger partial charge on any atom is -0.507 e. The molecule has 2 fully saturated rings. The first-order chi connectivity index (χ1) is 14.1. The van der Waals surface area contributed by atoms with Crippen molar-refractivity contribution in [3.8, 4) is 5.75 Å². The molecule has 0 bridgehead atoms. The zero-order chi connectivity index (χ0) is 20.0. The highest BCUT2D eigenvalue weighted by atomic mass is 16.3. The molecule has 1 aliphatic carbocycles. The summed E-state index contributed by atoms with van der Waals surface area (Å²) in [6, 6.07) is 1.49. The lowest BCUT2D eigenvalue weighted by Gasteiger charge is -2.41. The largest absolute Gasteiger partial charge is 0.507 e. The number of carbonyl (C=O) groups is 2. The maximum absolute atomic E-state index is 13.4. The summed E-state index contributed by atoms with van der Waals surface area (Å²) in [5.74, 6) is 0.107. The molecular formula is C23H31N3O3. The van der Waals surface area contributed by atoms with Gasteiger partial charge in [0.1, 0.15) is 11.8 Å². The Labute approximate surface area is 172 Å². The molecule has 3 heterocycles. The number of nitrogens with one attached hydrogen (secondary N) is 1. The van der Waals surface area contributed by atoms with E-state index in [4.69, 9.17) is 0 Å². The SMILES string of the molecule is O=C(NC1CCCCC1)[C@H](c1cc2c3c(c1O)CCCN3CCC2)N1CCC1=O. The van der Waals surface area contributed by atoms with Crippen LogP contribution in [0.25, 0.3) is 0 Å². The topological polar surface area (TPSA) is 72.9 Å². The van der Waals surface area contributed by atoms with E-state index in [-0.39, 0.29) is 23.6 Å². The average Bonchev–Trinajstić information content (AvgIpc) is 2.74. The molecule has 0 aromatic heterocycles. The van der Waals surface area contributed by atoms with Crippen LogP contribution in [0.2, 0.25) is 0 Å². The summed E-state index contributed by atoms with van der Waals surface area (Å²) >= 11 is 0. The predicted octanol–water partition coefficient (Wildman–Crippen LogP) is 2.81. The molecule has 0 radical (unpaired) electrons. The molecule has 3 aliphatic heterocycles. The first-order valence-electron chi connectivity index (χ1n) is 11.4. The highest BCUT2D eigenvalue weighted by molar-refractivity contribution is 5.92. The van der Waals surface area contributed by atoms with E-state index in [1.54, 1.807) is 4.90 Å². The van der Waals surface area contributed by atoms with Crippen molar-refractivity contribution < 1.29 is 14.7 Å². The number of nitrogens with zero attached hydrogens (tertiary/aromatic N) is 2. The van der Waals surface area contributed by atoms with Gasteiger partial charge in [0.25, 0.3) is 0 Å². The molecule has 6 nitrogen and oxygen atoms in total. The van der Waals surface area contributed by atoms with E-state index in [0.29, 0.717) is 18.5 Å². The number of β-lactam (4-membered cyclic amide) rings is 1. The Kier molecular flexibility index (Phi) is 4.88. The lowest BCUT2D eigenvalue weighted by Crippen LogP contribution is -2.52. The third-order valence-corrected chi connectivity index (χ3v) is 7.22. The minimum atomic E-state index is -0.711. The number of benzene rings is 1. The van der Waals surface area contributed by atoms with E-state index < -0.39 is 6.04 Å². The maximum atomic E-state index is 13.4. The van der Waals surface area contributed by atoms with Gasteiger partial charge in [-0.05, 0) is 50.2 Å². The fourth-order valence-electron chi connectivity index (χ4n) is 5.66. The third-order valence-electron chi connectivity index (χ3n) is 7.22. The third kappa shape index (κ3) is 3.26. The molecule has 29 heavy (non-hydrogen) atoms. The van der Waals surface area contributed by atoms with Gasteiger partial charge < -0.3 is 20.2 Å². The van der Waals surface area contributed by atoms with Crippen LogP contribution in [-0.4, -0.2) is 47.5 Å². The van der Waals surface area contributed by atoms with Crippen molar-refractivity contribution in [1.29, 1.82) is 0 Å². The van der Waals surface area contributed by atoms with Crippen molar-refractivity contribution >= 4 is 17.5 Å². The smallest absolute Gasteiger partial charge is 0.247 e. The molecular weight excluding hydrogens is 366 g/mol. The Hall–Kier alpha value is -2.24. The Morgan fingerprint density at radius 1 is 1.03 bits per heavy atom. The van der Waals surface area contributed by atoms with Crippen LogP contribution in [0, 0.1) is 0 Å². The maximum Gasteiger partial charge on any atom is 0.247 e. The summed E-state index contributed by atoms with van der Waals surface area (Å²) < 4.78 is 0. The molecule has 2 amide bonds. The quantitative estimate of drug-likeness (QED) is 0.767. The molecule has 156 valence electrons. The summed E-state index contributed by atoms with van der Waals surface area (Å²) in [5, 5.41) is 14.4. The summed E-state index contributed by atoms with van der Waals surface area (Å²) in [6.07, 6.45) is 9.92. The molecule has 1 saturated carbocycles. The first-order valence-corrected chi connectivity index (χ1v) is 11.4. The first kappa shape index (κ1) is 18.8. The number of hydrogen-bond acceptors (Lipinski definition) is 4. The highest BCUT2D eigenvalue weighted by Crippen LogP contribution is 2.45. The molecule has 0 spiro atoms. The predicted molar refractivity (Wildman–Crippen MR) is 111 cm³/mol. The second kappa shape index (κ2) is 7.54. The zero-order valence-electron chi connectivity index (χ0n) is 17.1. The van der Waals surface area contributed by atoms with E-state index in [1.807, 2.05) is 6.07 Å². The number of phenolic OH excluding ortho intramolecular Hbond substituents is 1. The fourth-order valence-corrected chi connectivity index (χ4v) is 5.66. The van der Waals surface area contributed by atoms with Crippen LogP contribution < -0.4 is 10.2 Å². The van der Waals surface area contributed by atoms with Crippen LogP contribution in [0.3, 0.4) is 0 Å². The van der Waals surface area contributed by atoms with Crippen molar-refractivity contribution in [1.82, 2.24) is 10.2 Å². The van der Waals surface area contributed by atoms with Crippen LogP contribution in [0.15, 0.2) is 6.07 Å². The Morgan fingerprint density at radius 2 is 1.79 bits per heavy atom. The summed E-state index contributed by atoms with van der Waals surface area (Å²) in [5.41, 5.74) is 4.02. The molecule has 0 unspecified atom stereocenters. The number of aryl methyl sites for hydroxylation is 1. The summed E-state index contributed by atoms with van der Waals surface area (Å²) in [6.45, 7) is 2.66. The zero-order valence-corrected chi connectivity index (χ0v) is 17.1. The van der Waals surface area contributed by atoms with E-state index in [0.717, 1.165) is 70.0 Å². The van der Waals surface area contributed by atoms with Gasteiger partial charge in [-0.3, -0.25) is 9.59 Å². The number of carbonyl (C=O) groups excluding carboxylic acids is 2. The molecule has 6 heteroatoms. The lowest BCUT2D eigenvalue weighted by atomic mass is 9.86. The van der Waals surface area contributed by atoms with Gasteiger partial charge in [0.05, 0.1) is 0 Å². The van der Waals surface area contributed by atoms with Crippen molar-refractivity contribution in [2.75, 3.05) is 24.5 Å². The van der Waals surface area contributed by atoms with Crippen molar-refractivity contribution in [3.63, 3.8) is 0 Å². The van der Waals surface area contributed by atoms with Crippen molar-refractivity contribution in [2.45, 2.75) is 76.3 Å². The summed E-state index contributed by atoms with van der Waals surface area (Å²) in [4.78, 5) is 29.7. The highest BCUT2D eigenvalue weighted by Gasteiger charge is 2.40. The normalized spacial score (nSPS) is 22.7. The summed E-state index contributed by atoms with van der Waals surface area (Å²) in [7, 11) is 0. The van der Waals surface area contributed by atoms with Gasteiger partial charge in [0.15, 0.2) is 0 Å². The number of amides is 2. The van der Waals surface area contributed by atoms with Crippen LogP contribution in [0.1, 0.15) is 74.1 Å². The van der Waals surface area contributed by atoms with Crippen molar-refractivity contribution in [2.24, 2.45) is 0 Å². The van der Waals surface area contributed by atoms with Crippen LogP contribution >= 0.6 is 0 Å². The van der Waals surface area contributed by atoms with Crippen LogP contribution in [0.5, 0.6) is 5.75 Å². The van der Waals surface area contributed by atoms with E-state index >= 15 is 0 Å². The van der Waals surface area contributed by atoms with Crippen molar-refractivity contribution in [3.05, 3.63) is 22.8 Å². The number of hydrogen-bond donors (Lipinski definition) is 2. The van der Waals surface area contributed by atoms with Crippen LogP contribution in [0.4, 0.5) is 5.69 Å². The number of phenols is 1. The number of aromatic hydroxyl groups is 1. The number of likely N-dealkylation sites (tertiary alicyclic amines) is 1. The number of rotatable bonds is 4. The van der Waals surface area contributed by atoms with Gasteiger partial charge in [-0.1, -0.05) is 19.3 Å². The van der Waals surface area contributed by atoms with Gasteiger partial charge in [-0.2, -0.15) is 0 Å². The molecule has 2 N–H and O–H groups in total. The number of anilines is 1. The van der Waals surface area contributed by atoms with E-state index in [1.165, 1.54) is 17.7 Å². The van der Waals surface area contributed by atoms with Gasteiger partial charge in [-0.25, -0.2) is 0 Å². The fraction of sp³-hybridized carbons (Fsp3) is 0.652. The van der Waals surface area contributed by atoms with Gasteiger partial charge in [-0.15, -0.1) is 0 Å². The molecule has 1 saturated heterocycles. The monoisotopic (exact) mass is 397 g/mol. The van der Waals surface area contributed by atoms with Gasteiger partial charge in [0, 0.05) is 48.9 Å². The Morgan fingerprint density at radius 3 is 2.48 bits per heavy atom. The van der Waals surface area contributed by atoms with E-state index in [9.17, 15) is 14.7 Å². The average molecular weight is 398 g/mol. The molecule has 1 atom stereocenters. The Balaban J connectivity index is 1.52. The second-order valence-corrected chi connectivity index (χ2v) is 9.08. The minimum absolute atomic E-state index is 0.00110. The Bertz CT molecular complexity index is 829. The molecule has 1 aromatic carbocycles. The molecule has 1 aromatic rings.